The minimum Gasteiger partial charge on any atom is -0.465 e. The van der Waals surface area contributed by atoms with E-state index in [0.717, 1.165) is 17.8 Å². The number of nitro benzene ring substituents is 1. The molecule has 0 aliphatic rings. The highest BCUT2D eigenvalue weighted by Gasteiger charge is 2.22. The molecule has 28 heavy (non-hydrogen) atoms. The van der Waals surface area contributed by atoms with E-state index >= 15 is 0 Å². The fourth-order valence-electron chi connectivity index (χ4n) is 2.20. The van der Waals surface area contributed by atoms with Gasteiger partial charge in [-0.2, -0.15) is 0 Å². The summed E-state index contributed by atoms with van der Waals surface area (Å²) in [6.07, 6.45) is 0. The van der Waals surface area contributed by atoms with Crippen molar-refractivity contribution in [2.24, 2.45) is 0 Å². The molecule has 2 aromatic rings. The lowest BCUT2D eigenvalue weighted by Crippen LogP contribution is -2.07. The summed E-state index contributed by atoms with van der Waals surface area (Å²) in [6.45, 7) is 1.18. The molecule has 0 bridgehead atoms. The molecule has 0 aromatic heterocycles. The molecule has 0 unspecified atom stereocenters. The van der Waals surface area contributed by atoms with Gasteiger partial charge in [-0.1, -0.05) is 11.8 Å². The first-order valence-electron chi connectivity index (χ1n) is 7.72. The number of hydrogen-bond acceptors (Lipinski definition) is 9. The first-order valence-corrected chi connectivity index (χ1v) is 8.53. The van der Waals surface area contributed by atoms with Crippen molar-refractivity contribution in [2.75, 3.05) is 14.2 Å². The molecule has 0 saturated heterocycles. The van der Waals surface area contributed by atoms with Crippen LogP contribution in [0.3, 0.4) is 0 Å². The van der Waals surface area contributed by atoms with E-state index in [1.54, 1.807) is 0 Å². The molecule has 0 aliphatic heterocycles. The number of methoxy groups -OCH3 is 2. The molecule has 0 saturated carbocycles. The third kappa shape index (κ3) is 4.86. The van der Waals surface area contributed by atoms with E-state index in [4.69, 9.17) is 9.47 Å². The summed E-state index contributed by atoms with van der Waals surface area (Å²) in [5, 5.41) is 11.4. The smallest absolute Gasteiger partial charge is 0.339 e. The maximum atomic E-state index is 12.0. The predicted octanol–water partition coefficient (Wildman–Crippen LogP) is 3.24. The molecular weight excluding hydrogens is 390 g/mol. The van der Waals surface area contributed by atoms with Crippen molar-refractivity contribution < 1.29 is 33.5 Å². The fraction of sp³-hybridized carbons (Fsp3) is 0.167. The molecule has 0 spiro atoms. The minimum atomic E-state index is -0.668. The van der Waals surface area contributed by atoms with Gasteiger partial charge >= 0.3 is 17.9 Å². The molecule has 2 rings (SSSR count). The second-order valence-electron chi connectivity index (χ2n) is 5.28. The number of rotatable bonds is 6. The van der Waals surface area contributed by atoms with E-state index < -0.39 is 22.8 Å². The van der Waals surface area contributed by atoms with Crippen LogP contribution in [0.4, 0.5) is 5.69 Å². The number of ether oxygens (including phenoxy) is 3. The summed E-state index contributed by atoms with van der Waals surface area (Å²) in [6, 6.07) is 8.02. The zero-order valence-electron chi connectivity index (χ0n) is 15.1. The van der Waals surface area contributed by atoms with Crippen LogP contribution in [0.1, 0.15) is 27.6 Å². The molecule has 9 nitrogen and oxygen atoms in total. The second kappa shape index (κ2) is 9.00. The largest absolute Gasteiger partial charge is 0.465 e. The van der Waals surface area contributed by atoms with Crippen molar-refractivity contribution in [1.29, 1.82) is 0 Å². The molecular formula is C18H15NO8S. The monoisotopic (exact) mass is 405 g/mol. The van der Waals surface area contributed by atoms with Gasteiger partial charge in [-0.05, 0) is 30.3 Å². The van der Waals surface area contributed by atoms with Crippen molar-refractivity contribution in [2.45, 2.75) is 16.7 Å². The SMILES string of the molecule is COC(=O)c1ccc(C(=O)OC)c(Sc2ccc(OC(C)=O)cc2[N+](=O)[O-])c1. The van der Waals surface area contributed by atoms with Gasteiger partial charge in [-0.25, -0.2) is 9.59 Å². The third-order valence-corrected chi connectivity index (χ3v) is 4.54. The van der Waals surface area contributed by atoms with Crippen LogP contribution in [-0.4, -0.2) is 37.1 Å². The van der Waals surface area contributed by atoms with Gasteiger partial charge in [0, 0.05) is 11.8 Å². The summed E-state index contributed by atoms with van der Waals surface area (Å²) in [5.74, 6) is -1.90. The van der Waals surface area contributed by atoms with Crippen LogP contribution in [-0.2, 0) is 14.3 Å². The molecule has 0 aliphatic carbocycles. The Morgan fingerprint density at radius 1 is 0.964 bits per heavy atom. The van der Waals surface area contributed by atoms with E-state index in [9.17, 15) is 24.5 Å². The average molecular weight is 405 g/mol. The number of esters is 3. The van der Waals surface area contributed by atoms with Gasteiger partial charge in [-0.3, -0.25) is 14.9 Å². The summed E-state index contributed by atoms with van der Waals surface area (Å²) >= 11 is 0.892. The quantitative estimate of drug-likeness (QED) is 0.308. The number of benzene rings is 2. The van der Waals surface area contributed by atoms with Gasteiger partial charge < -0.3 is 14.2 Å². The Balaban J connectivity index is 2.53. The first kappa shape index (κ1) is 20.9. The van der Waals surface area contributed by atoms with Crippen molar-refractivity contribution >= 4 is 35.4 Å². The van der Waals surface area contributed by atoms with E-state index in [1.807, 2.05) is 0 Å². The van der Waals surface area contributed by atoms with Gasteiger partial charge in [0.2, 0.25) is 0 Å². The molecule has 0 atom stereocenters. The van der Waals surface area contributed by atoms with E-state index in [2.05, 4.69) is 4.74 Å². The highest BCUT2D eigenvalue weighted by molar-refractivity contribution is 7.99. The van der Waals surface area contributed by atoms with Crippen LogP contribution >= 0.6 is 11.8 Å². The second-order valence-corrected chi connectivity index (χ2v) is 6.36. The summed E-state index contributed by atoms with van der Waals surface area (Å²) in [7, 11) is 2.41. The van der Waals surface area contributed by atoms with Crippen molar-refractivity contribution in [1.82, 2.24) is 0 Å². The molecule has 146 valence electrons. The van der Waals surface area contributed by atoms with Crippen LogP contribution in [0.5, 0.6) is 5.75 Å². The molecule has 0 N–H and O–H groups in total. The van der Waals surface area contributed by atoms with Crippen molar-refractivity contribution in [3.63, 3.8) is 0 Å². The third-order valence-electron chi connectivity index (χ3n) is 3.42. The molecule has 0 radical (unpaired) electrons. The van der Waals surface area contributed by atoms with Crippen molar-refractivity contribution in [3.8, 4) is 5.75 Å². The molecule has 2 aromatic carbocycles. The Kier molecular flexibility index (Phi) is 6.72. The number of hydrogen-bond donors (Lipinski definition) is 0. The van der Waals surface area contributed by atoms with E-state index in [0.29, 0.717) is 0 Å². The van der Waals surface area contributed by atoms with Gasteiger partial charge in [-0.15, -0.1) is 0 Å². The van der Waals surface area contributed by atoms with Crippen LogP contribution in [0.2, 0.25) is 0 Å². The predicted molar refractivity (Wildman–Crippen MR) is 97.6 cm³/mol. The Labute approximate surface area is 163 Å². The lowest BCUT2D eigenvalue weighted by molar-refractivity contribution is -0.387. The first-order chi connectivity index (χ1) is 13.3. The van der Waals surface area contributed by atoms with E-state index in [1.165, 1.54) is 51.5 Å². The van der Waals surface area contributed by atoms with Crippen molar-refractivity contribution in [3.05, 3.63) is 57.6 Å². The van der Waals surface area contributed by atoms with Gasteiger partial charge in [0.05, 0.1) is 41.2 Å². The molecule has 0 amide bonds. The number of nitro groups is 1. The van der Waals surface area contributed by atoms with Crippen LogP contribution in [0, 0.1) is 10.1 Å². The Morgan fingerprint density at radius 2 is 1.64 bits per heavy atom. The average Bonchev–Trinajstić information content (AvgIpc) is 2.67. The van der Waals surface area contributed by atoms with Crippen LogP contribution in [0.25, 0.3) is 0 Å². The zero-order chi connectivity index (χ0) is 20.8. The highest BCUT2D eigenvalue weighted by Crippen LogP contribution is 2.39. The van der Waals surface area contributed by atoms with Crippen LogP contribution < -0.4 is 4.74 Å². The van der Waals surface area contributed by atoms with Crippen LogP contribution in [0.15, 0.2) is 46.2 Å². The van der Waals surface area contributed by atoms with Gasteiger partial charge in [0.15, 0.2) is 0 Å². The summed E-state index contributed by atoms with van der Waals surface area (Å²) < 4.78 is 14.3. The maximum absolute atomic E-state index is 12.0. The molecule has 0 heterocycles. The summed E-state index contributed by atoms with van der Waals surface area (Å²) in [4.78, 5) is 46.1. The molecule has 10 heteroatoms. The summed E-state index contributed by atoms with van der Waals surface area (Å²) in [5.41, 5.74) is -0.0432. The highest BCUT2D eigenvalue weighted by atomic mass is 32.2. The normalized spacial score (nSPS) is 10.1. The lowest BCUT2D eigenvalue weighted by Gasteiger charge is -2.10. The Morgan fingerprint density at radius 3 is 2.21 bits per heavy atom. The number of carbonyl (C=O) groups excluding carboxylic acids is 3. The molecule has 0 fully saturated rings. The lowest BCUT2D eigenvalue weighted by atomic mass is 10.1. The van der Waals surface area contributed by atoms with Gasteiger partial charge in [0.25, 0.3) is 5.69 Å². The standard InChI is InChI=1S/C18H15NO8S/c1-10(20)27-12-5-7-15(14(9-12)19(23)24)28-16-8-11(17(21)25-2)4-6-13(16)18(22)26-3/h4-9H,1-3H3. The number of carbonyl (C=O) groups is 3. The zero-order valence-corrected chi connectivity index (χ0v) is 15.9. The topological polar surface area (TPSA) is 122 Å². The van der Waals surface area contributed by atoms with E-state index in [-0.39, 0.29) is 32.4 Å². The Hall–Kier alpha value is -3.40. The maximum Gasteiger partial charge on any atom is 0.339 e. The Bertz CT molecular complexity index is 957. The fourth-order valence-corrected chi connectivity index (χ4v) is 3.26. The minimum absolute atomic E-state index is 0.0139. The number of nitrogens with zero attached hydrogens (tertiary/aromatic N) is 1. The van der Waals surface area contributed by atoms with Gasteiger partial charge in [0.1, 0.15) is 5.75 Å².